The van der Waals surface area contributed by atoms with Gasteiger partial charge in [0.1, 0.15) is 6.10 Å². The Balaban J connectivity index is -0.000000416. The Bertz CT molecular complexity index is 1150. The van der Waals surface area contributed by atoms with Crippen LogP contribution >= 0.6 is 25.5 Å². The van der Waals surface area contributed by atoms with Crippen molar-refractivity contribution in [2.75, 3.05) is 34.5 Å². The fourth-order valence-corrected chi connectivity index (χ4v) is 12.4. The molecule has 2 aliphatic rings. The molecule has 2 saturated heterocycles. The summed E-state index contributed by atoms with van der Waals surface area (Å²) in [5.74, 6) is -0.495. The summed E-state index contributed by atoms with van der Waals surface area (Å²) in [6.45, 7) is 45.7. The minimum atomic E-state index is -1.17. The molecule has 64 heavy (non-hydrogen) atoms. The van der Waals surface area contributed by atoms with E-state index in [1.807, 2.05) is 21.0 Å². The second kappa shape index (κ2) is 37.6. The number of hydrogen-bond donors (Lipinski definition) is 0. The number of rotatable bonds is 23. The summed E-state index contributed by atoms with van der Waals surface area (Å²) in [7, 11) is 2.16. The largest absolute Gasteiger partial charge is 0.545 e. The summed E-state index contributed by atoms with van der Waals surface area (Å²) >= 11 is 0. The van der Waals surface area contributed by atoms with Crippen LogP contribution in [0, 0.1) is 87.3 Å². The Hall–Kier alpha value is 1.89. The molecule has 0 bridgehead atoms. The number of carbonyl (C=O) groups is 2. The van der Waals surface area contributed by atoms with Crippen molar-refractivity contribution >= 4 is 37.4 Å². The van der Waals surface area contributed by atoms with Crippen LogP contribution in [-0.4, -0.2) is 138 Å². The van der Waals surface area contributed by atoms with Gasteiger partial charge in [0, 0.05) is 152 Å². The van der Waals surface area contributed by atoms with Gasteiger partial charge in [0.15, 0.2) is 8.45 Å². The molecule has 2 aliphatic heterocycles. The Morgan fingerprint density at radius 2 is 0.859 bits per heavy atom. The molecule has 0 saturated carbocycles. The van der Waals surface area contributed by atoms with Crippen molar-refractivity contribution in [1.29, 1.82) is 0 Å². The molecule has 0 N–H and O–H groups in total. The van der Waals surface area contributed by atoms with E-state index in [2.05, 4.69) is 129 Å². The third-order valence-corrected chi connectivity index (χ3v) is 16.6. The van der Waals surface area contributed by atoms with Gasteiger partial charge in [-0.3, -0.25) is 9.59 Å². The molecule has 0 aromatic rings. The van der Waals surface area contributed by atoms with E-state index in [1.165, 1.54) is 13.8 Å². The second-order valence-corrected chi connectivity index (χ2v) is 22.5. The van der Waals surface area contributed by atoms with Crippen LogP contribution in [0.4, 0.5) is 0 Å². The maximum atomic E-state index is 11.2. The SMILES string of the molecule is C.COP(N(C(C)C)C(C)C)N(C(C)C)C(C)C.COP(OCC1O[CH-]C(C)C1OC(C)=O)N(C(C)C)C(C)C.COP(OCC1O[CH-]C(OC(C)=O)C1C)N(C(C)C)C(C)C.[U].[U]. The van der Waals surface area contributed by atoms with E-state index in [-0.39, 0.29) is 118 Å². The summed E-state index contributed by atoms with van der Waals surface area (Å²) in [5, 5.41) is 0. The summed E-state index contributed by atoms with van der Waals surface area (Å²) in [6.07, 6.45) is -1.05. The third-order valence-electron chi connectivity index (χ3n) is 9.63. The number of esters is 2. The van der Waals surface area contributed by atoms with Crippen LogP contribution in [0.2, 0.25) is 0 Å². The Morgan fingerprint density at radius 1 is 0.531 bits per heavy atom. The molecule has 2 heterocycles. The molecular weight excluding hydrogens is 1330 g/mol. The standard InChI is InChI=1S/2C15H29NO5P.C13H31N2OP.CH4.2U/c1-10(2)16(11(3)4)22(18-7)20-9-14-12(5)15(8-19-14)21-13(6)17;1-10(2)16(11(3)4)22(18-7)20-9-14-15(21-13(6)17)12(5)8-19-14;1-10(2)14(11(3)4)17(16-9)15(12(5)6)13(7)8;;;/h2*8,10-12,14-15H,9H2,1-7H3;10-13H,1-9H3;1H4;;/q2*-1;;;;. The monoisotopic (exact) mass is 1420 g/mol. The first-order valence-electron chi connectivity index (χ1n) is 22.0. The summed E-state index contributed by atoms with van der Waals surface area (Å²) in [5.41, 5.74) is 0. The Labute approximate surface area is 444 Å². The van der Waals surface area contributed by atoms with E-state index in [0.29, 0.717) is 61.5 Å². The van der Waals surface area contributed by atoms with Gasteiger partial charge in [0.2, 0.25) is 0 Å². The van der Waals surface area contributed by atoms with Gasteiger partial charge in [0.25, 0.3) is 23.0 Å². The van der Waals surface area contributed by atoms with Crippen LogP contribution in [-0.2, 0) is 51.2 Å². The zero-order chi connectivity index (χ0) is 47.5. The van der Waals surface area contributed by atoms with E-state index >= 15 is 0 Å². The molecule has 2 fully saturated rings. The molecule has 0 aromatic carbocycles. The zero-order valence-corrected chi connectivity index (χ0v) is 54.3. The molecule has 0 aliphatic carbocycles. The molecule has 8 unspecified atom stereocenters. The molecule has 380 valence electrons. The first kappa shape index (κ1) is 72.4. The maximum Gasteiger partial charge on any atom is 0.302 e. The molecule has 0 aromatic heterocycles. The fraction of sp³-hybridized carbons (Fsp3) is 0.909. The average molecular weight is 1420 g/mol. The maximum absolute atomic E-state index is 11.2. The Morgan fingerprint density at radius 3 is 1.16 bits per heavy atom. The minimum absolute atomic E-state index is 0. The number of nitrogens with zero attached hydrogens (tertiary/aromatic N) is 4. The van der Waals surface area contributed by atoms with E-state index in [0.717, 1.165) is 0 Å². The van der Waals surface area contributed by atoms with Crippen LogP contribution in [0.5, 0.6) is 0 Å². The first-order chi connectivity index (χ1) is 28.3. The summed E-state index contributed by atoms with van der Waals surface area (Å²) < 4.78 is 59.9. The fourth-order valence-electron chi connectivity index (χ4n) is 7.32. The van der Waals surface area contributed by atoms with Gasteiger partial charge in [-0.15, -0.1) is 5.92 Å². The van der Waals surface area contributed by atoms with Crippen molar-refractivity contribution in [2.24, 2.45) is 11.8 Å². The minimum Gasteiger partial charge on any atom is -0.545 e. The van der Waals surface area contributed by atoms with Gasteiger partial charge in [-0.1, -0.05) is 21.3 Å². The zero-order valence-electron chi connectivity index (χ0n) is 43.3. The molecule has 0 amide bonds. The molecule has 15 nitrogen and oxygen atoms in total. The van der Waals surface area contributed by atoms with E-state index in [1.54, 1.807) is 27.4 Å². The van der Waals surface area contributed by atoms with Crippen molar-refractivity contribution in [3.8, 4) is 0 Å². The summed E-state index contributed by atoms with van der Waals surface area (Å²) in [6, 6.07) is 3.28. The number of ether oxygens (including phenoxy) is 4. The quantitative estimate of drug-likeness (QED) is 0.0546. The summed E-state index contributed by atoms with van der Waals surface area (Å²) in [4.78, 5) is 22.3. The van der Waals surface area contributed by atoms with Crippen LogP contribution in [0.25, 0.3) is 0 Å². The predicted molar refractivity (Wildman–Crippen MR) is 257 cm³/mol. The van der Waals surface area contributed by atoms with Crippen LogP contribution < -0.4 is 0 Å². The van der Waals surface area contributed by atoms with E-state index in [9.17, 15) is 9.59 Å². The number of carbonyl (C=O) groups excluding carboxylic acids is 2. The molecule has 8 atom stereocenters. The second-order valence-electron chi connectivity index (χ2n) is 17.6. The molecular formula is C44H93N4O11P3U2-2. The topological polar surface area (TPSA) is 130 Å². The van der Waals surface area contributed by atoms with Gasteiger partial charge < -0.3 is 41.6 Å². The van der Waals surface area contributed by atoms with Gasteiger partial charge in [-0.2, -0.15) is 6.61 Å². The smallest absolute Gasteiger partial charge is 0.302 e. The molecule has 0 spiro atoms. The van der Waals surface area contributed by atoms with Gasteiger partial charge in [-0.25, -0.2) is 25.3 Å². The van der Waals surface area contributed by atoms with Gasteiger partial charge >= 0.3 is 5.97 Å². The molecule has 0 radical (unpaired) electrons. The molecule has 20 heteroatoms. The third kappa shape index (κ3) is 25.3. The van der Waals surface area contributed by atoms with E-state index in [4.69, 9.17) is 41.6 Å². The van der Waals surface area contributed by atoms with Crippen molar-refractivity contribution in [2.45, 2.75) is 219 Å². The van der Waals surface area contributed by atoms with Crippen LogP contribution in [0.15, 0.2) is 0 Å². The predicted octanol–water partition coefficient (Wildman–Crippen LogP) is 11.0. The van der Waals surface area contributed by atoms with Crippen LogP contribution in [0.3, 0.4) is 0 Å². The molecule has 2 rings (SSSR count). The average Bonchev–Trinajstić information content (AvgIpc) is 3.65. The number of hydrogen-bond acceptors (Lipinski definition) is 15. The van der Waals surface area contributed by atoms with Crippen molar-refractivity contribution in [3.63, 3.8) is 0 Å². The first-order valence-corrected chi connectivity index (χ1v) is 25.4. The van der Waals surface area contributed by atoms with Crippen molar-refractivity contribution in [1.82, 2.24) is 18.7 Å². The van der Waals surface area contributed by atoms with Crippen molar-refractivity contribution in [3.05, 3.63) is 13.2 Å². The van der Waals surface area contributed by atoms with Crippen LogP contribution in [0.1, 0.15) is 146 Å². The van der Waals surface area contributed by atoms with Gasteiger partial charge in [-0.05, 0) is 117 Å². The van der Waals surface area contributed by atoms with Gasteiger partial charge in [0.05, 0.1) is 25.4 Å². The van der Waals surface area contributed by atoms with Crippen molar-refractivity contribution < 1.29 is 113 Å². The normalized spacial score (nSPS) is 22.1. The van der Waals surface area contributed by atoms with E-state index < -0.39 is 25.5 Å². The Kier molecular flexibility index (Phi) is 42.6.